The fourth-order valence-electron chi connectivity index (χ4n) is 1.21. The Labute approximate surface area is 92.5 Å². The van der Waals surface area contributed by atoms with Gasteiger partial charge >= 0.3 is 5.97 Å². The van der Waals surface area contributed by atoms with E-state index in [1.807, 2.05) is 0 Å². The number of thioether (sulfide) groups is 1. The summed E-state index contributed by atoms with van der Waals surface area (Å²) in [6, 6.07) is 4.99. The zero-order valence-electron chi connectivity index (χ0n) is 8.50. The minimum Gasteiger partial charge on any atom is -0.481 e. The first-order valence-electron chi connectivity index (χ1n) is 4.64. The largest absolute Gasteiger partial charge is 0.481 e. The fraction of sp³-hybridized carbons (Fsp3) is 0.364. The topological polar surface area (TPSA) is 37.3 Å². The van der Waals surface area contributed by atoms with Crippen LogP contribution in [-0.2, 0) is 11.2 Å². The lowest BCUT2D eigenvalue weighted by Crippen LogP contribution is -2.00. The highest BCUT2D eigenvalue weighted by atomic mass is 32.2. The van der Waals surface area contributed by atoms with E-state index in [1.54, 1.807) is 19.1 Å². The van der Waals surface area contributed by atoms with Crippen molar-refractivity contribution in [2.45, 2.75) is 13.3 Å². The highest BCUT2D eigenvalue weighted by Gasteiger charge is 2.00. The van der Waals surface area contributed by atoms with Crippen molar-refractivity contribution in [3.05, 3.63) is 35.1 Å². The molecule has 2 nitrogen and oxygen atoms in total. The van der Waals surface area contributed by atoms with Gasteiger partial charge in [0.15, 0.2) is 0 Å². The molecule has 0 radical (unpaired) electrons. The molecule has 0 spiro atoms. The van der Waals surface area contributed by atoms with Crippen LogP contribution >= 0.6 is 11.8 Å². The monoisotopic (exact) mass is 228 g/mol. The smallest absolute Gasteiger partial charge is 0.313 e. The Balaban J connectivity index is 2.38. The predicted molar refractivity (Wildman–Crippen MR) is 59.8 cm³/mol. The van der Waals surface area contributed by atoms with E-state index in [0.717, 1.165) is 17.7 Å². The van der Waals surface area contributed by atoms with Crippen LogP contribution in [-0.4, -0.2) is 22.6 Å². The molecule has 0 aromatic heterocycles. The number of halogens is 1. The molecule has 0 atom stereocenters. The quantitative estimate of drug-likeness (QED) is 0.787. The number of hydrogen-bond donors (Lipinski definition) is 1. The number of carboxylic acid groups (broad SMARTS) is 1. The maximum Gasteiger partial charge on any atom is 0.313 e. The molecule has 1 aromatic rings. The van der Waals surface area contributed by atoms with Crippen molar-refractivity contribution in [1.29, 1.82) is 0 Å². The van der Waals surface area contributed by atoms with E-state index in [-0.39, 0.29) is 11.6 Å². The van der Waals surface area contributed by atoms with Crippen molar-refractivity contribution in [3.63, 3.8) is 0 Å². The van der Waals surface area contributed by atoms with Crippen LogP contribution < -0.4 is 0 Å². The van der Waals surface area contributed by atoms with Gasteiger partial charge in [0.25, 0.3) is 0 Å². The molecule has 0 unspecified atom stereocenters. The average molecular weight is 228 g/mol. The average Bonchev–Trinajstić information content (AvgIpc) is 2.18. The molecule has 82 valence electrons. The summed E-state index contributed by atoms with van der Waals surface area (Å²) in [5.74, 6) is -0.121. The van der Waals surface area contributed by atoms with Crippen molar-refractivity contribution < 1.29 is 14.3 Å². The third-order valence-corrected chi connectivity index (χ3v) is 2.93. The molecule has 0 aliphatic carbocycles. The Morgan fingerprint density at radius 3 is 2.87 bits per heavy atom. The van der Waals surface area contributed by atoms with Gasteiger partial charge in [-0.05, 0) is 36.3 Å². The molecule has 0 saturated carbocycles. The Hall–Kier alpha value is -1.03. The molecule has 4 heteroatoms. The molecule has 0 saturated heterocycles. The van der Waals surface area contributed by atoms with Crippen molar-refractivity contribution in [1.82, 2.24) is 0 Å². The number of benzene rings is 1. The van der Waals surface area contributed by atoms with Gasteiger partial charge in [-0.3, -0.25) is 4.79 Å². The van der Waals surface area contributed by atoms with E-state index < -0.39 is 5.97 Å². The van der Waals surface area contributed by atoms with Crippen LogP contribution in [0.2, 0.25) is 0 Å². The molecular formula is C11H13FO2S. The van der Waals surface area contributed by atoms with E-state index in [1.165, 1.54) is 17.8 Å². The second-order valence-electron chi connectivity index (χ2n) is 3.28. The number of aliphatic carboxylic acids is 1. The summed E-state index contributed by atoms with van der Waals surface area (Å²) >= 11 is 1.37. The molecule has 0 heterocycles. The summed E-state index contributed by atoms with van der Waals surface area (Å²) in [5.41, 5.74) is 1.68. The van der Waals surface area contributed by atoms with Gasteiger partial charge in [-0.25, -0.2) is 4.39 Å². The standard InChI is InChI=1S/C11H13FO2S/c1-8-6-9(2-3-10(8)12)4-5-15-7-11(13)14/h2-3,6H,4-5,7H2,1H3,(H,13,14). The number of rotatable bonds is 5. The first kappa shape index (κ1) is 12.0. The van der Waals surface area contributed by atoms with Crippen LogP contribution in [0.1, 0.15) is 11.1 Å². The Morgan fingerprint density at radius 1 is 1.53 bits per heavy atom. The fourth-order valence-corrected chi connectivity index (χ4v) is 1.91. The van der Waals surface area contributed by atoms with Gasteiger partial charge in [0.05, 0.1) is 5.75 Å². The van der Waals surface area contributed by atoms with Crippen LogP contribution in [0.15, 0.2) is 18.2 Å². The Bertz CT molecular complexity index is 352. The third kappa shape index (κ3) is 4.34. The maximum atomic E-state index is 12.9. The van der Waals surface area contributed by atoms with Crippen LogP contribution in [0.5, 0.6) is 0 Å². The minimum absolute atomic E-state index is 0.125. The Morgan fingerprint density at radius 2 is 2.27 bits per heavy atom. The number of carboxylic acids is 1. The zero-order chi connectivity index (χ0) is 11.3. The van der Waals surface area contributed by atoms with E-state index in [0.29, 0.717) is 5.56 Å². The summed E-state index contributed by atoms with van der Waals surface area (Å²) in [6.45, 7) is 1.73. The van der Waals surface area contributed by atoms with Gasteiger partial charge < -0.3 is 5.11 Å². The second kappa shape index (κ2) is 5.75. The SMILES string of the molecule is Cc1cc(CCSCC(=O)O)ccc1F. The van der Waals surface area contributed by atoms with E-state index >= 15 is 0 Å². The van der Waals surface area contributed by atoms with E-state index in [9.17, 15) is 9.18 Å². The number of hydrogen-bond acceptors (Lipinski definition) is 2. The second-order valence-corrected chi connectivity index (χ2v) is 4.39. The molecule has 0 aliphatic rings. The van der Waals surface area contributed by atoms with Crippen molar-refractivity contribution >= 4 is 17.7 Å². The lowest BCUT2D eigenvalue weighted by Gasteiger charge is -2.02. The molecule has 0 bridgehead atoms. The van der Waals surface area contributed by atoms with Gasteiger partial charge in [-0.2, -0.15) is 0 Å². The van der Waals surface area contributed by atoms with Crippen LogP contribution in [0.4, 0.5) is 4.39 Å². The van der Waals surface area contributed by atoms with Crippen LogP contribution in [0, 0.1) is 12.7 Å². The molecule has 1 aromatic carbocycles. The van der Waals surface area contributed by atoms with E-state index in [2.05, 4.69) is 0 Å². The molecule has 0 fully saturated rings. The number of aryl methyl sites for hydroxylation is 2. The predicted octanol–water partition coefficient (Wildman–Crippen LogP) is 2.49. The number of carbonyl (C=O) groups is 1. The zero-order valence-corrected chi connectivity index (χ0v) is 9.31. The van der Waals surface area contributed by atoms with Gasteiger partial charge in [0.1, 0.15) is 5.82 Å². The minimum atomic E-state index is -0.796. The molecule has 0 amide bonds. The lowest BCUT2D eigenvalue weighted by atomic mass is 10.1. The molecule has 0 aliphatic heterocycles. The van der Waals surface area contributed by atoms with Gasteiger partial charge in [-0.1, -0.05) is 12.1 Å². The van der Waals surface area contributed by atoms with Crippen molar-refractivity contribution in [2.24, 2.45) is 0 Å². The van der Waals surface area contributed by atoms with Gasteiger partial charge in [0.2, 0.25) is 0 Å². The van der Waals surface area contributed by atoms with Gasteiger partial charge in [-0.15, -0.1) is 11.8 Å². The maximum absolute atomic E-state index is 12.9. The van der Waals surface area contributed by atoms with E-state index in [4.69, 9.17) is 5.11 Å². The molecule has 1 rings (SSSR count). The van der Waals surface area contributed by atoms with Crippen LogP contribution in [0.25, 0.3) is 0 Å². The third-order valence-electron chi connectivity index (χ3n) is 1.98. The summed E-state index contributed by atoms with van der Waals surface area (Å²) in [4.78, 5) is 10.2. The van der Waals surface area contributed by atoms with Crippen LogP contribution in [0.3, 0.4) is 0 Å². The summed E-state index contributed by atoms with van der Waals surface area (Å²) in [7, 11) is 0. The summed E-state index contributed by atoms with van der Waals surface area (Å²) < 4.78 is 12.9. The normalized spacial score (nSPS) is 10.3. The first-order valence-corrected chi connectivity index (χ1v) is 5.79. The molecular weight excluding hydrogens is 215 g/mol. The highest BCUT2D eigenvalue weighted by Crippen LogP contribution is 2.12. The molecule has 1 N–H and O–H groups in total. The van der Waals surface area contributed by atoms with Crippen molar-refractivity contribution in [2.75, 3.05) is 11.5 Å². The van der Waals surface area contributed by atoms with Crippen molar-refractivity contribution in [3.8, 4) is 0 Å². The lowest BCUT2D eigenvalue weighted by molar-refractivity contribution is -0.133. The summed E-state index contributed by atoms with van der Waals surface area (Å²) in [5, 5.41) is 8.42. The Kier molecular flexibility index (Phi) is 4.62. The van der Waals surface area contributed by atoms with Gasteiger partial charge in [0, 0.05) is 0 Å². The highest BCUT2D eigenvalue weighted by molar-refractivity contribution is 7.99. The first-order chi connectivity index (χ1) is 7.09. The summed E-state index contributed by atoms with van der Waals surface area (Å²) in [6.07, 6.45) is 0.777. The molecule has 15 heavy (non-hydrogen) atoms.